The monoisotopic (exact) mass is 274 g/mol. The van der Waals surface area contributed by atoms with E-state index in [1.54, 1.807) is 0 Å². The van der Waals surface area contributed by atoms with E-state index in [4.69, 9.17) is 0 Å². The predicted octanol–water partition coefficient (Wildman–Crippen LogP) is 3.33. The first-order valence-electron chi connectivity index (χ1n) is 8.18. The molecule has 0 aromatic heterocycles. The molecule has 0 radical (unpaired) electrons. The van der Waals surface area contributed by atoms with Crippen LogP contribution in [0, 0.1) is 23.7 Å². The van der Waals surface area contributed by atoms with Gasteiger partial charge in [0.05, 0.1) is 6.10 Å². The highest BCUT2D eigenvalue weighted by atomic mass is 16.3. The standard InChI is InChI=1S/C20H18O/c21-19-14-10-13-16(19)12-8-4-5-9-15(12)20(17(13)18(14)20)11-6-2-1-3-7-11/h1-9,13-14,16-19,21H,10H2/t13-,14-,16-,17+,18+,19-,20?/m1/s1. The first-order chi connectivity index (χ1) is 10.3. The van der Waals surface area contributed by atoms with E-state index in [9.17, 15) is 5.11 Å². The second kappa shape index (κ2) is 3.25. The summed E-state index contributed by atoms with van der Waals surface area (Å²) in [5.41, 5.74) is 4.67. The van der Waals surface area contributed by atoms with E-state index in [1.807, 2.05) is 0 Å². The van der Waals surface area contributed by atoms with Crippen LogP contribution in [0.2, 0.25) is 0 Å². The Morgan fingerprint density at radius 1 is 0.857 bits per heavy atom. The number of aliphatic hydroxyl groups is 1. The van der Waals surface area contributed by atoms with Gasteiger partial charge in [-0.25, -0.2) is 0 Å². The molecule has 2 bridgehead atoms. The fourth-order valence-electron chi connectivity index (χ4n) is 6.69. The van der Waals surface area contributed by atoms with Crippen LogP contribution in [0.4, 0.5) is 0 Å². The van der Waals surface area contributed by atoms with Crippen molar-refractivity contribution in [2.24, 2.45) is 23.7 Å². The molecule has 1 heteroatoms. The van der Waals surface area contributed by atoms with Gasteiger partial charge in [-0.2, -0.15) is 0 Å². The Labute approximate surface area is 124 Å². The molecular formula is C20H18O. The predicted molar refractivity (Wildman–Crippen MR) is 81.0 cm³/mol. The van der Waals surface area contributed by atoms with Crippen molar-refractivity contribution >= 4 is 0 Å². The zero-order valence-electron chi connectivity index (χ0n) is 11.8. The summed E-state index contributed by atoms with van der Waals surface area (Å²) < 4.78 is 0. The Bertz CT molecular complexity index is 751. The van der Waals surface area contributed by atoms with E-state index in [2.05, 4.69) is 54.6 Å². The SMILES string of the molecule is O[C@@H]1[C@@H]2C[C@@H]3[C@H]1c1ccccc1C1(c4ccccc4)[C@@H]3[C@H]21. The molecule has 3 saturated carbocycles. The third-order valence-electron chi connectivity index (χ3n) is 7.08. The molecule has 6 rings (SSSR count). The van der Waals surface area contributed by atoms with Gasteiger partial charge in [-0.15, -0.1) is 0 Å². The summed E-state index contributed by atoms with van der Waals surface area (Å²) in [6.45, 7) is 0. The van der Waals surface area contributed by atoms with Crippen molar-refractivity contribution in [3.05, 3.63) is 71.3 Å². The van der Waals surface area contributed by atoms with Crippen LogP contribution < -0.4 is 0 Å². The molecule has 2 aromatic carbocycles. The second-order valence-corrected chi connectivity index (χ2v) is 7.45. The highest BCUT2D eigenvalue weighted by Gasteiger charge is 2.82. The number of fused-ring (bicyclic) bond motifs is 6. The number of rotatable bonds is 1. The molecule has 104 valence electrons. The van der Waals surface area contributed by atoms with Crippen molar-refractivity contribution in [3.8, 4) is 0 Å². The Hall–Kier alpha value is -1.60. The lowest BCUT2D eigenvalue weighted by atomic mass is 9.69. The summed E-state index contributed by atoms with van der Waals surface area (Å²) in [5.74, 6) is 3.11. The maximum atomic E-state index is 10.8. The van der Waals surface area contributed by atoms with Gasteiger partial charge < -0.3 is 5.11 Å². The summed E-state index contributed by atoms with van der Waals surface area (Å²) in [5, 5.41) is 10.8. The minimum absolute atomic E-state index is 0.106. The molecule has 21 heavy (non-hydrogen) atoms. The molecule has 1 N–H and O–H groups in total. The van der Waals surface area contributed by atoms with Crippen molar-refractivity contribution < 1.29 is 5.11 Å². The van der Waals surface area contributed by atoms with Crippen LogP contribution in [0.25, 0.3) is 0 Å². The number of hydrogen-bond acceptors (Lipinski definition) is 1. The molecule has 1 nitrogen and oxygen atoms in total. The highest BCUT2D eigenvalue weighted by Crippen LogP contribution is 2.84. The largest absolute Gasteiger partial charge is 0.392 e. The van der Waals surface area contributed by atoms with E-state index in [0.29, 0.717) is 23.7 Å². The molecule has 7 atom stereocenters. The normalized spacial score (nSPS) is 47.3. The first kappa shape index (κ1) is 11.0. The van der Waals surface area contributed by atoms with Crippen LogP contribution in [-0.2, 0) is 5.41 Å². The minimum atomic E-state index is -0.106. The van der Waals surface area contributed by atoms with E-state index < -0.39 is 0 Å². The van der Waals surface area contributed by atoms with Gasteiger partial charge in [-0.1, -0.05) is 54.6 Å². The first-order valence-corrected chi connectivity index (χ1v) is 8.18. The molecule has 4 aliphatic rings. The summed E-state index contributed by atoms with van der Waals surface area (Å²) in [6.07, 6.45) is 1.15. The summed E-state index contributed by atoms with van der Waals surface area (Å²) in [6, 6.07) is 20.0. The molecular weight excluding hydrogens is 256 g/mol. The lowest BCUT2D eigenvalue weighted by Gasteiger charge is -2.35. The summed E-state index contributed by atoms with van der Waals surface area (Å²) >= 11 is 0. The molecule has 1 unspecified atom stereocenters. The quantitative estimate of drug-likeness (QED) is 0.845. The van der Waals surface area contributed by atoms with Crippen LogP contribution in [0.3, 0.4) is 0 Å². The zero-order valence-corrected chi connectivity index (χ0v) is 11.8. The average Bonchev–Trinajstić information content (AvgIpc) is 2.97. The fraction of sp³-hybridized carbons (Fsp3) is 0.400. The maximum absolute atomic E-state index is 10.8. The molecule has 0 spiro atoms. The van der Waals surface area contributed by atoms with Gasteiger partial charge in [0.25, 0.3) is 0 Å². The molecule has 4 aliphatic carbocycles. The molecule has 3 fully saturated rings. The fourth-order valence-corrected chi connectivity index (χ4v) is 6.69. The molecule has 0 saturated heterocycles. The second-order valence-electron chi connectivity index (χ2n) is 7.45. The summed E-state index contributed by atoms with van der Waals surface area (Å²) in [7, 11) is 0. The molecule has 0 heterocycles. The van der Waals surface area contributed by atoms with Crippen molar-refractivity contribution in [1.29, 1.82) is 0 Å². The van der Waals surface area contributed by atoms with E-state index in [-0.39, 0.29) is 11.5 Å². The van der Waals surface area contributed by atoms with E-state index in [1.165, 1.54) is 23.1 Å². The Morgan fingerprint density at radius 2 is 1.57 bits per heavy atom. The van der Waals surface area contributed by atoms with Gasteiger partial charge in [0.2, 0.25) is 0 Å². The summed E-state index contributed by atoms with van der Waals surface area (Å²) in [4.78, 5) is 0. The number of hydrogen-bond donors (Lipinski definition) is 1. The van der Waals surface area contributed by atoms with Crippen LogP contribution in [-0.4, -0.2) is 11.2 Å². The van der Waals surface area contributed by atoms with E-state index >= 15 is 0 Å². The van der Waals surface area contributed by atoms with E-state index in [0.717, 1.165) is 5.92 Å². The van der Waals surface area contributed by atoms with Crippen molar-refractivity contribution in [2.75, 3.05) is 0 Å². The Morgan fingerprint density at radius 3 is 2.43 bits per heavy atom. The highest BCUT2D eigenvalue weighted by molar-refractivity contribution is 5.61. The number of benzene rings is 2. The lowest BCUT2D eigenvalue weighted by molar-refractivity contribution is 0.0875. The third kappa shape index (κ3) is 0.971. The number of aliphatic hydroxyl groups excluding tert-OH is 1. The van der Waals surface area contributed by atoms with Gasteiger partial charge in [-0.05, 0) is 46.8 Å². The molecule has 2 aromatic rings. The van der Waals surface area contributed by atoms with Gasteiger partial charge in [0.1, 0.15) is 0 Å². The average molecular weight is 274 g/mol. The Balaban J connectivity index is 1.69. The van der Waals surface area contributed by atoms with Crippen LogP contribution in [0.15, 0.2) is 54.6 Å². The van der Waals surface area contributed by atoms with Crippen molar-refractivity contribution in [2.45, 2.75) is 23.9 Å². The topological polar surface area (TPSA) is 20.2 Å². The van der Waals surface area contributed by atoms with Crippen molar-refractivity contribution in [3.63, 3.8) is 0 Å². The van der Waals surface area contributed by atoms with Crippen LogP contribution >= 0.6 is 0 Å². The minimum Gasteiger partial charge on any atom is -0.392 e. The Kier molecular flexibility index (Phi) is 1.71. The van der Waals surface area contributed by atoms with Crippen molar-refractivity contribution in [1.82, 2.24) is 0 Å². The lowest BCUT2D eigenvalue weighted by Crippen LogP contribution is -2.30. The van der Waals surface area contributed by atoms with Gasteiger partial charge in [0, 0.05) is 11.3 Å². The van der Waals surface area contributed by atoms with Gasteiger partial charge in [-0.3, -0.25) is 0 Å². The molecule has 0 aliphatic heterocycles. The third-order valence-corrected chi connectivity index (χ3v) is 7.08. The smallest absolute Gasteiger partial charge is 0.0643 e. The van der Waals surface area contributed by atoms with Gasteiger partial charge >= 0.3 is 0 Å². The zero-order chi connectivity index (χ0) is 13.8. The van der Waals surface area contributed by atoms with Crippen LogP contribution in [0.5, 0.6) is 0 Å². The maximum Gasteiger partial charge on any atom is 0.0643 e. The van der Waals surface area contributed by atoms with Crippen LogP contribution in [0.1, 0.15) is 29.0 Å². The molecule has 0 amide bonds. The van der Waals surface area contributed by atoms with Gasteiger partial charge in [0.15, 0.2) is 0 Å².